The Morgan fingerprint density at radius 2 is 2.31 bits per heavy atom. The summed E-state index contributed by atoms with van der Waals surface area (Å²) in [5.41, 5.74) is 4.40. The number of rotatable bonds is 5. The first kappa shape index (κ1) is 13.2. The Kier molecular flexibility index (Phi) is 4.93. The zero-order valence-corrected chi connectivity index (χ0v) is 10.0. The van der Waals surface area contributed by atoms with Gasteiger partial charge >= 0.3 is 0 Å². The van der Waals surface area contributed by atoms with E-state index in [4.69, 9.17) is 17.4 Å². The van der Waals surface area contributed by atoms with Gasteiger partial charge in [-0.05, 0) is 31.4 Å². The van der Waals surface area contributed by atoms with Gasteiger partial charge in [0.1, 0.15) is 5.82 Å². The summed E-state index contributed by atoms with van der Waals surface area (Å²) < 4.78 is 13.3. The van der Waals surface area contributed by atoms with Crippen molar-refractivity contribution in [1.29, 1.82) is 0 Å². The van der Waals surface area contributed by atoms with Crippen LogP contribution in [0.2, 0.25) is 5.02 Å². The monoisotopic (exact) mass is 242 g/mol. The third-order valence-electron chi connectivity index (χ3n) is 2.42. The molecule has 0 spiro atoms. The molecule has 0 aliphatic carbocycles. The average Bonchev–Trinajstić information content (AvgIpc) is 2.24. The van der Waals surface area contributed by atoms with Gasteiger partial charge in [-0.25, -0.2) is 4.39 Å². The molecule has 0 saturated heterocycles. The summed E-state index contributed by atoms with van der Waals surface area (Å²) >= 11 is 5.89. The van der Waals surface area contributed by atoms with Crippen LogP contribution in [0.5, 0.6) is 0 Å². The number of halogens is 2. The molecule has 2 nitrogen and oxygen atoms in total. The molecule has 0 aliphatic rings. The summed E-state index contributed by atoms with van der Waals surface area (Å²) in [7, 11) is 0. The maximum Gasteiger partial charge on any atom is 0.142 e. The molecule has 0 amide bonds. The third-order valence-corrected chi connectivity index (χ3v) is 2.82. The van der Waals surface area contributed by atoms with Crippen molar-refractivity contribution in [1.82, 2.24) is 5.43 Å². The largest absolute Gasteiger partial charge is 0.271 e. The lowest BCUT2D eigenvalue weighted by atomic mass is 10.0. The van der Waals surface area contributed by atoms with E-state index in [9.17, 15) is 4.39 Å². The number of hydrogen-bond acceptors (Lipinski definition) is 2. The van der Waals surface area contributed by atoms with E-state index in [1.807, 2.05) is 6.92 Å². The van der Waals surface area contributed by atoms with Crippen LogP contribution in [0.3, 0.4) is 0 Å². The minimum absolute atomic E-state index is 0.132. The van der Waals surface area contributed by atoms with Gasteiger partial charge in [-0.15, -0.1) is 6.58 Å². The van der Waals surface area contributed by atoms with Gasteiger partial charge in [-0.1, -0.05) is 29.3 Å². The molecular weight excluding hydrogens is 227 g/mol. The Bertz CT molecular complexity index is 379. The Morgan fingerprint density at radius 1 is 1.62 bits per heavy atom. The first-order chi connectivity index (χ1) is 7.56. The van der Waals surface area contributed by atoms with Gasteiger partial charge in [0.25, 0.3) is 0 Å². The van der Waals surface area contributed by atoms with Crippen LogP contribution in [0.15, 0.2) is 30.4 Å². The maximum absolute atomic E-state index is 13.3. The highest BCUT2D eigenvalue weighted by Crippen LogP contribution is 2.28. The van der Waals surface area contributed by atoms with E-state index in [0.717, 1.165) is 18.4 Å². The van der Waals surface area contributed by atoms with Crippen LogP contribution in [-0.2, 0) is 0 Å². The van der Waals surface area contributed by atoms with Crippen LogP contribution in [0.4, 0.5) is 4.39 Å². The molecular formula is C12H16ClFN2. The molecule has 1 atom stereocenters. The molecule has 4 heteroatoms. The van der Waals surface area contributed by atoms with Gasteiger partial charge in [0.2, 0.25) is 0 Å². The van der Waals surface area contributed by atoms with Crippen LogP contribution in [0, 0.1) is 5.82 Å². The molecule has 88 valence electrons. The Morgan fingerprint density at radius 3 is 2.88 bits per heavy atom. The molecule has 0 aromatic heterocycles. The number of nitrogens with one attached hydrogen (secondary N) is 1. The summed E-state index contributed by atoms with van der Waals surface area (Å²) in [5, 5.41) is 0.132. The van der Waals surface area contributed by atoms with Crippen LogP contribution in [-0.4, -0.2) is 0 Å². The van der Waals surface area contributed by atoms with E-state index in [0.29, 0.717) is 5.56 Å². The van der Waals surface area contributed by atoms with Gasteiger partial charge in [-0.2, -0.15) is 0 Å². The minimum Gasteiger partial charge on any atom is -0.271 e. The van der Waals surface area contributed by atoms with Crippen molar-refractivity contribution in [2.45, 2.75) is 25.8 Å². The molecule has 16 heavy (non-hydrogen) atoms. The molecule has 0 radical (unpaired) electrons. The molecule has 1 aromatic carbocycles. The van der Waals surface area contributed by atoms with Crippen LogP contribution >= 0.6 is 11.6 Å². The van der Waals surface area contributed by atoms with Crippen molar-refractivity contribution < 1.29 is 4.39 Å². The lowest BCUT2D eigenvalue weighted by Gasteiger charge is -2.17. The highest BCUT2D eigenvalue weighted by atomic mass is 35.5. The summed E-state index contributed by atoms with van der Waals surface area (Å²) in [6, 6.07) is 4.58. The SMILES string of the molecule is C=C(C)CCC(NN)c1cccc(F)c1Cl. The van der Waals surface area contributed by atoms with Crippen LogP contribution in [0.1, 0.15) is 31.4 Å². The Hall–Kier alpha value is -0.900. The van der Waals surface area contributed by atoms with Crippen molar-refractivity contribution in [3.05, 3.63) is 46.8 Å². The topological polar surface area (TPSA) is 38.0 Å². The van der Waals surface area contributed by atoms with Crippen LogP contribution in [0.25, 0.3) is 0 Å². The highest BCUT2D eigenvalue weighted by Gasteiger charge is 2.15. The highest BCUT2D eigenvalue weighted by molar-refractivity contribution is 6.31. The Balaban J connectivity index is 2.86. The van der Waals surface area contributed by atoms with Gasteiger partial charge in [0.05, 0.1) is 5.02 Å². The van der Waals surface area contributed by atoms with Crippen molar-refractivity contribution in [3.8, 4) is 0 Å². The molecule has 0 fully saturated rings. The summed E-state index contributed by atoms with van der Waals surface area (Å²) in [4.78, 5) is 0. The molecule has 1 unspecified atom stereocenters. The predicted octanol–water partition coefficient (Wildman–Crippen LogP) is 3.34. The van der Waals surface area contributed by atoms with Crippen molar-refractivity contribution in [2.24, 2.45) is 5.84 Å². The summed E-state index contributed by atoms with van der Waals surface area (Å²) in [6.07, 6.45) is 1.57. The fraction of sp³-hybridized carbons (Fsp3) is 0.333. The smallest absolute Gasteiger partial charge is 0.142 e. The molecule has 1 aromatic rings. The second-order valence-electron chi connectivity index (χ2n) is 3.86. The fourth-order valence-corrected chi connectivity index (χ4v) is 1.77. The number of benzene rings is 1. The molecule has 0 aliphatic heterocycles. The quantitative estimate of drug-likeness (QED) is 0.472. The predicted molar refractivity (Wildman–Crippen MR) is 65.5 cm³/mol. The molecule has 3 N–H and O–H groups in total. The van der Waals surface area contributed by atoms with Gasteiger partial charge in [0.15, 0.2) is 0 Å². The maximum atomic E-state index is 13.3. The van der Waals surface area contributed by atoms with Gasteiger partial charge < -0.3 is 0 Å². The first-order valence-electron chi connectivity index (χ1n) is 5.10. The summed E-state index contributed by atoms with van der Waals surface area (Å²) in [5.74, 6) is 5.03. The fourth-order valence-electron chi connectivity index (χ4n) is 1.51. The average molecular weight is 243 g/mol. The zero-order valence-electron chi connectivity index (χ0n) is 9.26. The number of hydrogen-bond donors (Lipinski definition) is 2. The van der Waals surface area contributed by atoms with Crippen molar-refractivity contribution in [2.75, 3.05) is 0 Å². The number of nitrogens with two attached hydrogens (primary N) is 1. The van der Waals surface area contributed by atoms with E-state index < -0.39 is 5.82 Å². The van der Waals surface area contributed by atoms with E-state index in [1.54, 1.807) is 12.1 Å². The zero-order chi connectivity index (χ0) is 12.1. The van der Waals surface area contributed by atoms with Crippen molar-refractivity contribution in [3.63, 3.8) is 0 Å². The second kappa shape index (κ2) is 5.99. The normalized spacial score (nSPS) is 12.5. The molecule has 0 saturated carbocycles. The van der Waals surface area contributed by atoms with E-state index in [-0.39, 0.29) is 11.1 Å². The number of hydrazine groups is 1. The third kappa shape index (κ3) is 3.30. The van der Waals surface area contributed by atoms with E-state index in [2.05, 4.69) is 12.0 Å². The minimum atomic E-state index is -0.422. The Labute approximate surface area is 100 Å². The lowest BCUT2D eigenvalue weighted by Crippen LogP contribution is -2.28. The van der Waals surface area contributed by atoms with E-state index >= 15 is 0 Å². The molecule has 1 rings (SSSR count). The van der Waals surface area contributed by atoms with Crippen molar-refractivity contribution >= 4 is 11.6 Å². The van der Waals surface area contributed by atoms with E-state index in [1.165, 1.54) is 6.07 Å². The molecule has 0 bridgehead atoms. The molecule has 0 heterocycles. The van der Waals surface area contributed by atoms with Gasteiger partial charge in [-0.3, -0.25) is 11.3 Å². The lowest BCUT2D eigenvalue weighted by molar-refractivity contribution is 0.511. The second-order valence-corrected chi connectivity index (χ2v) is 4.24. The first-order valence-corrected chi connectivity index (χ1v) is 5.48. The van der Waals surface area contributed by atoms with Crippen LogP contribution < -0.4 is 11.3 Å². The standard InChI is InChI=1S/C12H16ClFN2/c1-8(2)6-7-11(16-15)9-4-3-5-10(14)12(9)13/h3-5,11,16H,1,6-7,15H2,2H3. The van der Waals surface area contributed by atoms with Gasteiger partial charge in [0, 0.05) is 6.04 Å². The number of allylic oxidation sites excluding steroid dienone is 1. The summed E-state index contributed by atoms with van der Waals surface area (Å²) in [6.45, 7) is 5.76.